The Balaban J connectivity index is 2.19. The maximum absolute atomic E-state index is 12.5. The normalized spacial score (nSPS) is 10.1. The van der Waals surface area contributed by atoms with Gasteiger partial charge in [0.05, 0.1) is 11.1 Å². The lowest BCUT2D eigenvalue weighted by molar-refractivity contribution is 0.0693. The van der Waals surface area contributed by atoms with Gasteiger partial charge >= 0.3 is 12.0 Å². The van der Waals surface area contributed by atoms with Gasteiger partial charge in [-0.25, -0.2) is 19.6 Å². The summed E-state index contributed by atoms with van der Waals surface area (Å²) in [6.07, 6.45) is 2.98. The van der Waals surface area contributed by atoms with E-state index in [0.717, 1.165) is 10.5 Å². The molecular formula is C19H19N5O5. The minimum atomic E-state index is -1.29. The molecule has 0 aromatic carbocycles. The van der Waals surface area contributed by atoms with E-state index in [2.05, 4.69) is 21.4 Å². The molecule has 29 heavy (non-hydrogen) atoms. The van der Waals surface area contributed by atoms with Gasteiger partial charge in [0.2, 0.25) is 0 Å². The van der Waals surface area contributed by atoms with E-state index in [9.17, 15) is 19.6 Å². The van der Waals surface area contributed by atoms with Crippen LogP contribution in [0.15, 0.2) is 24.4 Å². The van der Waals surface area contributed by atoms with Gasteiger partial charge in [0.1, 0.15) is 23.4 Å². The second-order valence-electron chi connectivity index (χ2n) is 5.95. The molecular weight excluding hydrogens is 378 g/mol. The first-order chi connectivity index (χ1) is 13.9. The molecule has 0 spiro atoms. The van der Waals surface area contributed by atoms with E-state index in [4.69, 9.17) is 9.84 Å². The topological polar surface area (TPSA) is 146 Å². The molecule has 2 aromatic rings. The van der Waals surface area contributed by atoms with Crippen LogP contribution in [0.2, 0.25) is 0 Å². The molecule has 0 saturated heterocycles. The van der Waals surface area contributed by atoms with Crippen LogP contribution in [0.3, 0.4) is 0 Å². The number of hydrogen-bond acceptors (Lipinski definition) is 7. The van der Waals surface area contributed by atoms with Crippen LogP contribution in [0, 0.1) is 11.3 Å². The molecule has 0 aliphatic rings. The SMILES string of the molecule is COCCCc1cc(NC(=O)N(C)c2ccc(C(=O)O)c(C=O)n2)ncc1C#N. The van der Waals surface area contributed by atoms with Gasteiger partial charge in [-0.05, 0) is 36.6 Å². The van der Waals surface area contributed by atoms with E-state index in [1.165, 1.54) is 25.4 Å². The smallest absolute Gasteiger partial charge is 0.338 e. The number of urea groups is 1. The molecule has 0 radical (unpaired) electrons. The predicted octanol–water partition coefficient (Wildman–Crippen LogP) is 2.11. The largest absolute Gasteiger partial charge is 0.478 e. The Labute approximate surface area is 166 Å². The number of ether oxygens (including phenoxy) is 1. The van der Waals surface area contributed by atoms with Crippen LogP contribution in [-0.2, 0) is 11.2 Å². The number of carbonyl (C=O) groups is 3. The average Bonchev–Trinajstić information content (AvgIpc) is 2.73. The molecule has 0 aliphatic heterocycles. The number of nitriles is 1. The molecule has 2 rings (SSSR count). The summed E-state index contributed by atoms with van der Waals surface area (Å²) in [5.74, 6) is -0.962. The molecule has 150 valence electrons. The molecule has 0 aliphatic carbocycles. The highest BCUT2D eigenvalue weighted by Crippen LogP contribution is 2.17. The van der Waals surface area contributed by atoms with Crippen molar-refractivity contribution in [2.75, 3.05) is 31.0 Å². The van der Waals surface area contributed by atoms with Crippen molar-refractivity contribution in [1.82, 2.24) is 9.97 Å². The van der Waals surface area contributed by atoms with Crippen molar-refractivity contribution in [2.24, 2.45) is 0 Å². The minimum Gasteiger partial charge on any atom is -0.478 e. The highest BCUT2D eigenvalue weighted by atomic mass is 16.5. The number of hydrogen-bond donors (Lipinski definition) is 2. The molecule has 2 aromatic heterocycles. The number of anilines is 2. The lowest BCUT2D eigenvalue weighted by Gasteiger charge is -2.18. The zero-order valence-corrected chi connectivity index (χ0v) is 15.9. The van der Waals surface area contributed by atoms with Crippen LogP contribution < -0.4 is 10.2 Å². The first-order valence-electron chi connectivity index (χ1n) is 8.53. The van der Waals surface area contributed by atoms with Crippen molar-refractivity contribution in [2.45, 2.75) is 12.8 Å². The Morgan fingerprint density at radius 2 is 2.17 bits per heavy atom. The van der Waals surface area contributed by atoms with Gasteiger partial charge in [-0.1, -0.05) is 0 Å². The van der Waals surface area contributed by atoms with Crippen LogP contribution in [-0.4, -0.2) is 54.1 Å². The number of rotatable bonds is 8. The Morgan fingerprint density at radius 3 is 2.79 bits per heavy atom. The molecule has 0 bridgehead atoms. The van der Waals surface area contributed by atoms with Gasteiger partial charge in [-0.3, -0.25) is 15.0 Å². The number of carboxylic acid groups (broad SMARTS) is 1. The number of nitrogens with zero attached hydrogens (tertiary/aromatic N) is 4. The lowest BCUT2D eigenvalue weighted by Crippen LogP contribution is -2.32. The molecule has 0 saturated carbocycles. The van der Waals surface area contributed by atoms with Gasteiger partial charge in [0, 0.05) is 27.0 Å². The van der Waals surface area contributed by atoms with Crippen LogP contribution in [0.1, 0.15) is 38.4 Å². The third-order valence-electron chi connectivity index (χ3n) is 4.04. The van der Waals surface area contributed by atoms with E-state index in [1.54, 1.807) is 13.2 Å². The van der Waals surface area contributed by atoms with Crippen LogP contribution in [0.5, 0.6) is 0 Å². The standard InChI is InChI=1S/C19H19N5O5/c1-24(17-6-5-14(18(26)27)15(11-25)22-17)19(28)23-16-8-12(4-3-7-29-2)13(9-20)10-21-16/h5-6,8,10-11H,3-4,7H2,1-2H3,(H,26,27)(H,21,23,28). The van der Waals surface area contributed by atoms with Gasteiger partial charge in [-0.15, -0.1) is 0 Å². The Kier molecular flexibility index (Phi) is 7.33. The van der Waals surface area contributed by atoms with E-state index < -0.39 is 12.0 Å². The van der Waals surface area contributed by atoms with Crippen molar-refractivity contribution in [1.29, 1.82) is 5.26 Å². The average molecular weight is 397 g/mol. The number of pyridine rings is 2. The molecule has 0 atom stereocenters. The summed E-state index contributed by atoms with van der Waals surface area (Å²) in [5.41, 5.74) is 0.595. The zero-order chi connectivity index (χ0) is 21.4. The monoisotopic (exact) mass is 397 g/mol. The predicted molar refractivity (Wildman–Crippen MR) is 103 cm³/mol. The summed E-state index contributed by atoms with van der Waals surface area (Å²) in [6.45, 7) is 0.536. The van der Waals surface area contributed by atoms with Crippen LogP contribution in [0.25, 0.3) is 0 Å². The third-order valence-corrected chi connectivity index (χ3v) is 4.04. The summed E-state index contributed by atoms with van der Waals surface area (Å²) in [4.78, 5) is 43.8. The molecule has 10 nitrogen and oxygen atoms in total. The maximum Gasteiger partial charge on any atom is 0.338 e. The number of amides is 2. The lowest BCUT2D eigenvalue weighted by atomic mass is 10.1. The Hall–Kier alpha value is -3.84. The summed E-state index contributed by atoms with van der Waals surface area (Å²) in [5, 5.41) is 20.8. The zero-order valence-electron chi connectivity index (χ0n) is 15.9. The van der Waals surface area contributed by atoms with Crippen molar-refractivity contribution in [3.05, 3.63) is 46.8 Å². The first kappa shape index (κ1) is 21.5. The fourth-order valence-corrected chi connectivity index (χ4v) is 2.50. The summed E-state index contributed by atoms with van der Waals surface area (Å²) in [6, 6.07) is 5.59. The van der Waals surface area contributed by atoms with Crippen molar-refractivity contribution >= 4 is 29.9 Å². The second kappa shape index (κ2) is 9.91. The first-order valence-corrected chi connectivity index (χ1v) is 8.53. The van der Waals surface area contributed by atoms with E-state index in [-0.39, 0.29) is 22.9 Å². The number of methoxy groups -OCH3 is 1. The van der Waals surface area contributed by atoms with Crippen molar-refractivity contribution < 1.29 is 24.2 Å². The third kappa shape index (κ3) is 5.33. The Bertz CT molecular complexity index is 970. The van der Waals surface area contributed by atoms with Crippen molar-refractivity contribution in [3.8, 4) is 6.07 Å². The number of carbonyl (C=O) groups excluding carboxylic acids is 2. The molecule has 2 N–H and O–H groups in total. The van der Waals surface area contributed by atoms with Gasteiger partial charge in [0.15, 0.2) is 6.29 Å². The molecule has 2 heterocycles. The number of aldehydes is 1. The number of aryl methyl sites for hydroxylation is 1. The fourth-order valence-electron chi connectivity index (χ4n) is 2.50. The maximum atomic E-state index is 12.5. The number of aromatic nitrogens is 2. The Morgan fingerprint density at radius 1 is 1.41 bits per heavy atom. The van der Waals surface area contributed by atoms with Crippen molar-refractivity contribution in [3.63, 3.8) is 0 Å². The number of aromatic carboxylic acids is 1. The van der Waals surface area contributed by atoms with Crippen LogP contribution in [0.4, 0.5) is 16.4 Å². The molecule has 2 amide bonds. The summed E-state index contributed by atoms with van der Waals surface area (Å²) >= 11 is 0. The molecule has 0 unspecified atom stereocenters. The van der Waals surface area contributed by atoms with Crippen LogP contribution >= 0.6 is 0 Å². The highest BCUT2D eigenvalue weighted by Gasteiger charge is 2.18. The number of nitrogens with one attached hydrogen (secondary N) is 1. The van der Waals surface area contributed by atoms with E-state index in [1.807, 2.05) is 0 Å². The summed E-state index contributed by atoms with van der Waals surface area (Å²) < 4.78 is 5.01. The minimum absolute atomic E-state index is 0.0866. The van der Waals surface area contributed by atoms with Gasteiger partial charge in [-0.2, -0.15) is 5.26 Å². The second-order valence-corrected chi connectivity index (χ2v) is 5.95. The molecule has 10 heteroatoms. The molecule has 0 fully saturated rings. The van der Waals surface area contributed by atoms with Gasteiger partial charge < -0.3 is 9.84 Å². The quantitative estimate of drug-likeness (QED) is 0.509. The van der Waals surface area contributed by atoms with E-state index in [0.29, 0.717) is 31.3 Å². The summed E-state index contributed by atoms with van der Waals surface area (Å²) in [7, 11) is 3.00. The van der Waals surface area contributed by atoms with E-state index >= 15 is 0 Å². The fraction of sp³-hybridized carbons (Fsp3) is 0.263. The number of carboxylic acids is 1. The van der Waals surface area contributed by atoms with Gasteiger partial charge in [0.25, 0.3) is 0 Å². The highest BCUT2D eigenvalue weighted by molar-refractivity contribution is 6.01.